The molecule has 1 aromatic rings. The van der Waals surface area contributed by atoms with Gasteiger partial charge in [-0.25, -0.2) is 4.98 Å². The Morgan fingerprint density at radius 1 is 1.64 bits per heavy atom. The molecule has 76 valence electrons. The topological polar surface area (TPSA) is 34.1 Å². The molecule has 1 aliphatic heterocycles. The lowest BCUT2D eigenvalue weighted by Crippen LogP contribution is -2.35. The van der Waals surface area contributed by atoms with Crippen LogP contribution in [0.5, 0.6) is 0 Å². The van der Waals surface area contributed by atoms with E-state index in [1.54, 1.807) is 6.20 Å². The fraction of sp³-hybridized carbons (Fsp3) is 0.500. The molecule has 1 atom stereocenters. The molecule has 0 aliphatic carbocycles. The van der Waals surface area contributed by atoms with Crippen molar-refractivity contribution in [3.05, 3.63) is 29.3 Å². The Kier molecular flexibility index (Phi) is 2.74. The fourth-order valence-electron chi connectivity index (χ4n) is 1.66. The minimum Gasteiger partial charge on any atom is -0.378 e. The molecule has 1 aromatic heterocycles. The van der Waals surface area contributed by atoms with Gasteiger partial charge in [0.05, 0.1) is 19.3 Å². The van der Waals surface area contributed by atoms with Crippen molar-refractivity contribution in [2.45, 2.75) is 13.0 Å². The molecule has 4 heteroatoms. The minimum atomic E-state index is -0.428. The summed E-state index contributed by atoms with van der Waals surface area (Å²) in [5.41, 5.74) is 1.94. The summed E-state index contributed by atoms with van der Waals surface area (Å²) in [6.07, 6.45) is 1.58. The Balaban J connectivity index is 2.22. The lowest BCUT2D eigenvalue weighted by atomic mass is 10.0. The van der Waals surface area contributed by atoms with Crippen molar-refractivity contribution in [1.82, 2.24) is 10.3 Å². The highest BCUT2D eigenvalue weighted by molar-refractivity contribution is 5.25. The standard InChI is InChI=1S/C10H13FN2O/c1-7-4-10(11)13-5-8(7)9-6-14-3-2-12-9/h4-5,9,12H,2-3,6H2,1H3. The van der Waals surface area contributed by atoms with Crippen LogP contribution < -0.4 is 5.32 Å². The summed E-state index contributed by atoms with van der Waals surface area (Å²) in [5.74, 6) is -0.428. The van der Waals surface area contributed by atoms with Gasteiger partial charge >= 0.3 is 0 Å². The Hall–Kier alpha value is -1.00. The molecular weight excluding hydrogens is 183 g/mol. The number of aryl methyl sites for hydroxylation is 1. The Bertz CT molecular complexity index is 324. The molecular formula is C10H13FN2O. The highest BCUT2D eigenvalue weighted by Gasteiger charge is 2.17. The number of hydrogen-bond donors (Lipinski definition) is 1. The molecule has 1 aliphatic rings. The molecule has 3 nitrogen and oxygen atoms in total. The van der Waals surface area contributed by atoms with Gasteiger partial charge in [-0.05, 0) is 24.1 Å². The number of nitrogens with zero attached hydrogens (tertiary/aromatic N) is 1. The number of pyridine rings is 1. The molecule has 1 fully saturated rings. The summed E-state index contributed by atoms with van der Waals surface area (Å²) < 4.78 is 18.1. The summed E-state index contributed by atoms with van der Waals surface area (Å²) in [5, 5.41) is 3.31. The number of aromatic nitrogens is 1. The van der Waals surface area contributed by atoms with Gasteiger partial charge in [0.25, 0.3) is 0 Å². The number of hydrogen-bond acceptors (Lipinski definition) is 3. The van der Waals surface area contributed by atoms with Gasteiger partial charge in [0.15, 0.2) is 0 Å². The summed E-state index contributed by atoms with van der Waals surface area (Å²) in [6.45, 7) is 4.09. The molecule has 1 saturated heterocycles. The Labute approximate surface area is 82.3 Å². The van der Waals surface area contributed by atoms with Gasteiger partial charge < -0.3 is 10.1 Å². The fourth-order valence-corrected chi connectivity index (χ4v) is 1.66. The van der Waals surface area contributed by atoms with Crippen LogP contribution in [-0.4, -0.2) is 24.7 Å². The second-order valence-corrected chi connectivity index (χ2v) is 3.45. The first-order chi connectivity index (χ1) is 6.77. The van der Waals surface area contributed by atoms with Gasteiger partial charge in [-0.1, -0.05) is 0 Å². The average molecular weight is 196 g/mol. The highest BCUT2D eigenvalue weighted by atomic mass is 19.1. The number of nitrogens with one attached hydrogen (secondary N) is 1. The van der Waals surface area contributed by atoms with E-state index in [1.165, 1.54) is 6.07 Å². The molecule has 0 spiro atoms. The minimum absolute atomic E-state index is 0.150. The Morgan fingerprint density at radius 3 is 3.14 bits per heavy atom. The largest absolute Gasteiger partial charge is 0.378 e. The van der Waals surface area contributed by atoms with Gasteiger partial charge in [-0.3, -0.25) is 0 Å². The maximum absolute atomic E-state index is 12.8. The van der Waals surface area contributed by atoms with Crippen LogP contribution in [0.4, 0.5) is 4.39 Å². The zero-order chi connectivity index (χ0) is 9.97. The quantitative estimate of drug-likeness (QED) is 0.685. The summed E-state index contributed by atoms with van der Waals surface area (Å²) in [7, 11) is 0. The monoisotopic (exact) mass is 196 g/mol. The van der Waals surface area contributed by atoms with Crippen LogP contribution in [0, 0.1) is 12.9 Å². The van der Waals surface area contributed by atoms with Gasteiger partial charge in [-0.15, -0.1) is 0 Å². The number of rotatable bonds is 1. The van der Waals surface area contributed by atoms with E-state index in [4.69, 9.17) is 4.74 Å². The first-order valence-corrected chi connectivity index (χ1v) is 4.70. The molecule has 0 aromatic carbocycles. The Morgan fingerprint density at radius 2 is 2.50 bits per heavy atom. The number of ether oxygens (including phenoxy) is 1. The van der Waals surface area contributed by atoms with Gasteiger partial charge in [0, 0.05) is 12.7 Å². The lowest BCUT2D eigenvalue weighted by Gasteiger charge is -2.25. The molecule has 14 heavy (non-hydrogen) atoms. The second kappa shape index (κ2) is 4.02. The van der Waals surface area contributed by atoms with E-state index in [1.807, 2.05) is 6.92 Å². The van der Waals surface area contributed by atoms with Crippen molar-refractivity contribution in [2.24, 2.45) is 0 Å². The predicted octanol–water partition coefficient (Wildman–Crippen LogP) is 1.19. The maximum Gasteiger partial charge on any atom is 0.213 e. The molecule has 2 heterocycles. The number of morpholine rings is 1. The van der Waals surface area contributed by atoms with Crippen LogP contribution in [-0.2, 0) is 4.74 Å². The van der Waals surface area contributed by atoms with E-state index in [9.17, 15) is 4.39 Å². The second-order valence-electron chi connectivity index (χ2n) is 3.45. The van der Waals surface area contributed by atoms with E-state index in [0.717, 1.165) is 24.3 Å². The van der Waals surface area contributed by atoms with Crippen molar-refractivity contribution in [3.8, 4) is 0 Å². The van der Waals surface area contributed by atoms with Crippen LogP contribution in [0.1, 0.15) is 17.2 Å². The van der Waals surface area contributed by atoms with Crippen LogP contribution in [0.15, 0.2) is 12.3 Å². The van der Waals surface area contributed by atoms with Crippen LogP contribution in [0.2, 0.25) is 0 Å². The first kappa shape index (κ1) is 9.55. The highest BCUT2D eigenvalue weighted by Crippen LogP contribution is 2.18. The van der Waals surface area contributed by atoms with Gasteiger partial charge in [-0.2, -0.15) is 4.39 Å². The third kappa shape index (κ3) is 1.91. The third-order valence-corrected chi connectivity index (χ3v) is 2.41. The van der Waals surface area contributed by atoms with Crippen molar-refractivity contribution in [3.63, 3.8) is 0 Å². The third-order valence-electron chi connectivity index (χ3n) is 2.41. The maximum atomic E-state index is 12.8. The normalized spacial score (nSPS) is 22.3. The smallest absolute Gasteiger partial charge is 0.213 e. The molecule has 0 amide bonds. The van der Waals surface area contributed by atoms with Crippen LogP contribution >= 0.6 is 0 Å². The molecule has 0 saturated carbocycles. The molecule has 2 rings (SSSR count). The van der Waals surface area contributed by atoms with Crippen molar-refractivity contribution < 1.29 is 9.13 Å². The SMILES string of the molecule is Cc1cc(F)ncc1C1COCCN1. The van der Waals surface area contributed by atoms with Crippen LogP contribution in [0.3, 0.4) is 0 Å². The first-order valence-electron chi connectivity index (χ1n) is 4.70. The summed E-state index contributed by atoms with van der Waals surface area (Å²) >= 11 is 0. The van der Waals surface area contributed by atoms with Crippen LogP contribution in [0.25, 0.3) is 0 Å². The van der Waals surface area contributed by atoms with E-state index in [0.29, 0.717) is 6.61 Å². The molecule has 1 unspecified atom stereocenters. The molecule has 0 radical (unpaired) electrons. The van der Waals surface area contributed by atoms with E-state index in [2.05, 4.69) is 10.3 Å². The van der Waals surface area contributed by atoms with Gasteiger partial charge in [0.2, 0.25) is 5.95 Å². The van der Waals surface area contributed by atoms with Crippen molar-refractivity contribution in [1.29, 1.82) is 0 Å². The van der Waals surface area contributed by atoms with Crippen molar-refractivity contribution >= 4 is 0 Å². The summed E-state index contributed by atoms with van der Waals surface area (Å²) in [4.78, 5) is 3.65. The summed E-state index contributed by atoms with van der Waals surface area (Å²) in [6, 6.07) is 1.60. The van der Waals surface area contributed by atoms with E-state index >= 15 is 0 Å². The van der Waals surface area contributed by atoms with E-state index in [-0.39, 0.29) is 6.04 Å². The van der Waals surface area contributed by atoms with Gasteiger partial charge in [0.1, 0.15) is 0 Å². The van der Waals surface area contributed by atoms with Crippen molar-refractivity contribution in [2.75, 3.05) is 19.8 Å². The predicted molar refractivity (Wildman–Crippen MR) is 50.5 cm³/mol. The molecule has 1 N–H and O–H groups in total. The zero-order valence-electron chi connectivity index (χ0n) is 8.09. The lowest BCUT2D eigenvalue weighted by molar-refractivity contribution is 0.0765. The van der Waals surface area contributed by atoms with E-state index < -0.39 is 5.95 Å². The average Bonchev–Trinajstić information content (AvgIpc) is 2.19. The zero-order valence-corrected chi connectivity index (χ0v) is 8.09. The molecule has 0 bridgehead atoms. The number of halogens is 1.